The summed E-state index contributed by atoms with van der Waals surface area (Å²) in [6.45, 7) is 2.09. The van der Waals surface area contributed by atoms with Crippen LogP contribution in [0.2, 0.25) is 0 Å². The van der Waals surface area contributed by atoms with Crippen molar-refractivity contribution in [3.8, 4) is 0 Å². The molecule has 0 aliphatic carbocycles. The molecular weight excluding hydrogens is 280 g/mol. The third-order valence-electron chi connectivity index (χ3n) is 3.47. The second kappa shape index (κ2) is 4.93. The lowest BCUT2D eigenvalue weighted by Gasteiger charge is -1.99. The SMILES string of the molecule is Cc1ccc2nc(SCc3cnc4ccccn34)[nH]c2c1. The molecule has 3 aromatic heterocycles. The molecular formula is C16H14N4S. The molecule has 4 nitrogen and oxygen atoms in total. The summed E-state index contributed by atoms with van der Waals surface area (Å²) in [5, 5.41) is 0.946. The van der Waals surface area contributed by atoms with Crippen LogP contribution in [-0.4, -0.2) is 19.4 Å². The molecule has 0 aliphatic rings. The van der Waals surface area contributed by atoms with Crippen LogP contribution in [0.25, 0.3) is 16.7 Å². The van der Waals surface area contributed by atoms with E-state index in [1.165, 1.54) is 11.3 Å². The van der Waals surface area contributed by atoms with Crippen LogP contribution < -0.4 is 0 Å². The summed E-state index contributed by atoms with van der Waals surface area (Å²) in [6, 6.07) is 12.3. The highest BCUT2D eigenvalue weighted by Crippen LogP contribution is 2.23. The Morgan fingerprint density at radius 2 is 2.19 bits per heavy atom. The molecule has 0 atom stereocenters. The Hall–Kier alpha value is -2.27. The summed E-state index contributed by atoms with van der Waals surface area (Å²) in [5.41, 5.74) is 5.50. The molecule has 1 aromatic carbocycles. The first-order valence-corrected chi connectivity index (χ1v) is 7.78. The van der Waals surface area contributed by atoms with Crippen LogP contribution in [0.5, 0.6) is 0 Å². The Labute approximate surface area is 126 Å². The van der Waals surface area contributed by atoms with Crippen LogP contribution in [0.3, 0.4) is 0 Å². The summed E-state index contributed by atoms with van der Waals surface area (Å²) in [4.78, 5) is 12.4. The molecule has 4 aromatic rings. The first kappa shape index (κ1) is 12.5. The van der Waals surface area contributed by atoms with Gasteiger partial charge in [-0.1, -0.05) is 23.9 Å². The van der Waals surface area contributed by atoms with Crippen molar-refractivity contribution in [3.05, 3.63) is 60.0 Å². The minimum absolute atomic E-state index is 0.837. The lowest BCUT2D eigenvalue weighted by Crippen LogP contribution is -1.89. The van der Waals surface area contributed by atoms with Gasteiger partial charge in [0, 0.05) is 11.9 Å². The van der Waals surface area contributed by atoms with Crippen LogP contribution in [-0.2, 0) is 5.75 Å². The average Bonchev–Trinajstić information content (AvgIpc) is 3.08. The maximum absolute atomic E-state index is 4.61. The van der Waals surface area contributed by atoms with Crippen molar-refractivity contribution in [3.63, 3.8) is 0 Å². The van der Waals surface area contributed by atoms with E-state index >= 15 is 0 Å². The third kappa shape index (κ3) is 2.29. The number of hydrogen-bond acceptors (Lipinski definition) is 3. The fourth-order valence-corrected chi connectivity index (χ4v) is 3.25. The molecule has 0 radical (unpaired) electrons. The highest BCUT2D eigenvalue weighted by Gasteiger charge is 2.07. The van der Waals surface area contributed by atoms with Crippen LogP contribution in [0.1, 0.15) is 11.3 Å². The van der Waals surface area contributed by atoms with Gasteiger partial charge in [0.2, 0.25) is 0 Å². The smallest absolute Gasteiger partial charge is 0.166 e. The Kier molecular flexibility index (Phi) is 2.93. The Bertz CT molecular complexity index is 922. The van der Waals surface area contributed by atoms with Gasteiger partial charge in [0.25, 0.3) is 0 Å². The maximum Gasteiger partial charge on any atom is 0.166 e. The zero-order valence-electron chi connectivity index (χ0n) is 11.6. The second-order valence-corrected chi connectivity index (χ2v) is 5.99. The van der Waals surface area contributed by atoms with Crippen LogP contribution in [0, 0.1) is 6.92 Å². The summed E-state index contributed by atoms with van der Waals surface area (Å²) in [5.74, 6) is 0.837. The van der Waals surface area contributed by atoms with Crippen molar-refractivity contribution in [1.29, 1.82) is 0 Å². The van der Waals surface area contributed by atoms with Crippen molar-refractivity contribution < 1.29 is 0 Å². The standard InChI is InChI=1S/C16H14N4S/c1-11-5-6-13-14(8-11)19-16(18-13)21-10-12-9-17-15-4-2-3-7-20(12)15/h2-9H,10H2,1H3,(H,18,19). The quantitative estimate of drug-likeness (QED) is 0.584. The zero-order chi connectivity index (χ0) is 14.2. The van der Waals surface area contributed by atoms with Gasteiger partial charge >= 0.3 is 0 Å². The van der Waals surface area contributed by atoms with Gasteiger partial charge in [-0.15, -0.1) is 0 Å². The summed E-state index contributed by atoms with van der Waals surface area (Å²) >= 11 is 1.70. The molecule has 104 valence electrons. The topological polar surface area (TPSA) is 46.0 Å². The van der Waals surface area contributed by atoms with Crippen LogP contribution in [0.4, 0.5) is 0 Å². The van der Waals surface area contributed by atoms with Crippen molar-refractivity contribution in [1.82, 2.24) is 19.4 Å². The Morgan fingerprint density at radius 3 is 3.14 bits per heavy atom. The number of aryl methyl sites for hydroxylation is 1. The molecule has 0 aliphatic heterocycles. The molecule has 5 heteroatoms. The largest absolute Gasteiger partial charge is 0.333 e. The monoisotopic (exact) mass is 294 g/mol. The highest BCUT2D eigenvalue weighted by molar-refractivity contribution is 7.98. The highest BCUT2D eigenvalue weighted by atomic mass is 32.2. The minimum atomic E-state index is 0.837. The normalized spacial score (nSPS) is 11.5. The first-order valence-electron chi connectivity index (χ1n) is 6.80. The van der Waals surface area contributed by atoms with Crippen molar-refractivity contribution in [2.24, 2.45) is 0 Å². The third-order valence-corrected chi connectivity index (χ3v) is 4.37. The molecule has 0 saturated carbocycles. The van der Waals surface area contributed by atoms with E-state index in [0.717, 1.165) is 27.6 Å². The van der Waals surface area contributed by atoms with Crippen molar-refractivity contribution >= 4 is 28.4 Å². The van der Waals surface area contributed by atoms with E-state index in [0.29, 0.717) is 0 Å². The number of aromatic amines is 1. The number of fused-ring (bicyclic) bond motifs is 2. The predicted octanol–water partition coefficient (Wildman–Crippen LogP) is 3.81. The van der Waals surface area contributed by atoms with Crippen LogP contribution in [0.15, 0.2) is 53.9 Å². The van der Waals surface area contributed by atoms with Gasteiger partial charge in [0.05, 0.1) is 22.9 Å². The zero-order valence-corrected chi connectivity index (χ0v) is 12.4. The fourth-order valence-electron chi connectivity index (χ4n) is 2.40. The molecule has 1 N–H and O–H groups in total. The van der Waals surface area contributed by atoms with E-state index in [1.54, 1.807) is 11.8 Å². The fraction of sp³-hybridized carbons (Fsp3) is 0.125. The molecule has 3 heterocycles. The van der Waals surface area contributed by atoms with E-state index in [9.17, 15) is 0 Å². The van der Waals surface area contributed by atoms with E-state index < -0.39 is 0 Å². The number of rotatable bonds is 3. The number of pyridine rings is 1. The molecule has 0 saturated heterocycles. The van der Waals surface area contributed by atoms with E-state index in [2.05, 4.69) is 44.5 Å². The number of nitrogens with one attached hydrogen (secondary N) is 1. The van der Waals surface area contributed by atoms with Gasteiger partial charge in [-0.05, 0) is 36.8 Å². The van der Waals surface area contributed by atoms with Gasteiger partial charge in [0.15, 0.2) is 5.16 Å². The summed E-state index contributed by atoms with van der Waals surface area (Å²) in [6.07, 6.45) is 3.97. The molecule has 0 spiro atoms. The Morgan fingerprint density at radius 1 is 1.24 bits per heavy atom. The first-order chi connectivity index (χ1) is 10.3. The average molecular weight is 294 g/mol. The number of nitrogens with zero attached hydrogens (tertiary/aromatic N) is 3. The van der Waals surface area contributed by atoms with Gasteiger partial charge in [-0.3, -0.25) is 0 Å². The van der Waals surface area contributed by atoms with Gasteiger partial charge < -0.3 is 9.38 Å². The predicted molar refractivity (Wildman–Crippen MR) is 85.6 cm³/mol. The van der Waals surface area contributed by atoms with E-state index in [-0.39, 0.29) is 0 Å². The minimum Gasteiger partial charge on any atom is -0.333 e. The number of benzene rings is 1. The molecule has 0 amide bonds. The summed E-state index contributed by atoms with van der Waals surface area (Å²) in [7, 11) is 0. The van der Waals surface area contributed by atoms with Gasteiger partial charge in [-0.25, -0.2) is 9.97 Å². The molecule has 0 bridgehead atoms. The van der Waals surface area contributed by atoms with Gasteiger partial charge in [0.1, 0.15) is 5.65 Å². The van der Waals surface area contributed by atoms with Gasteiger partial charge in [-0.2, -0.15) is 0 Å². The van der Waals surface area contributed by atoms with Crippen molar-refractivity contribution in [2.45, 2.75) is 17.8 Å². The number of H-pyrrole nitrogens is 1. The second-order valence-electron chi connectivity index (χ2n) is 5.03. The van der Waals surface area contributed by atoms with Crippen LogP contribution >= 0.6 is 11.8 Å². The Balaban J connectivity index is 1.60. The van der Waals surface area contributed by atoms with E-state index in [1.807, 2.05) is 30.6 Å². The molecule has 0 unspecified atom stereocenters. The number of aromatic nitrogens is 4. The number of hydrogen-bond donors (Lipinski definition) is 1. The lowest BCUT2D eigenvalue weighted by molar-refractivity contribution is 1.06. The number of imidazole rings is 2. The lowest BCUT2D eigenvalue weighted by atomic mass is 10.2. The summed E-state index contributed by atoms with van der Waals surface area (Å²) < 4.78 is 2.11. The maximum atomic E-state index is 4.61. The van der Waals surface area contributed by atoms with Crippen molar-refractivity contribution in [2.75, 3.05) is 0 Å². The molecule has 0 fully saturated rings. The molecule has 4 rings (SSSR count). The van der Waals surface area contributed by atoms with E-state index in [4.69, 9.17) is 0 Å². The molecule has 21 heavy (non-hydrogen) atoms. The number of thioether (sulfide) groups is 1.